The predicted molar refractivity (Wildman–Crippen MR) is 123 cm³/mol. The Balaban J connectivity index is 1.78. The first kappa shape index (κ1) is 18.7. The number of ketones is 1. The first-order valence-electron chi connectivity index (χ1n) is 10.5. The molecule has 6 heteroatoms. The van der Waals surface area contributed by atoms with Crippen LogP contribution < -0.4 is 11.2 Å². The molecule has 0 radical (unpaired) electrons. The Bertz CT molecular complexity index is 1620. The van der Waals surface area contributed by atoms with Crippen molar-refractivity contribution in [1.82, 2.24) is 9.13 Å². The lowest BCUT2D eigenvalue weighted by atomic mass is 9.75. The minimum Gasteiger partial charge on any atom is -0.293 e. The molecule has 3 aromatic carbocycles. The molecular formula is C26H19N3O3. The molecule has 0 saturated heterocycles. The zero-order valence-corrected chi connectivity index (χ0v) is 17.6. The fraction of sp³-hybridized carbons (Fsp3) is 0.154. The van der Waals surface area contributed by atoms with Crippen LogP contribution in [0.4, 0.5) is 5.82 Å². The van der Waals surface area contributed by atoms with Crippen molar-refractivity contribution in [1.29, 1.82) is 0 Å². The Labute approximate surface area is 183 Å². The highest BCUT2D eigenvalue weighted by Crippen LogP contribution is 2.47. The van der Waals surface area contributed by atoms with Crippen molar-refractivity contribution in [3.05, 3.63) is 110 Å². The number of carbonyl (C=O) groups is 1. The van der Waals surface area contributed by atoms with Crippen LogP contribution in [0.15, 0.2) is 81.3 Å². The van der Waals surface area contributed by atoms with Crippen LogP contribution in [-0.2, 0) is 14.1 Å². The summed E-state index contributed by atoms with van der Waals surface area (Å²) in [6.45, 7) is 0. The second-order valence-corrected chi connectivity index (χ2v) is 8.37. The number of nitrogens with zero attached hydrogens (tertiary/aromatic N) is 3. The molecule has 6 nitrogen and oxygen atoms in total. The molecule has 0 amide bonds. The van der Waals surface area contributed by atoms with Gasteiger partial charge in [0.15, 0.2) is 5.78 Å². The van der Waals surface area contributed by atoms with Gasteiger partial charge < -0.3 is 0 Å². The average molecular weight is 421 g/mol. The predicted octanol–water partition coefficient (Wildman–Crippen LogP) is 3.32. The summed E-state index contributed by atoms with van der Waals surface area (Å²) in [7, 11) is 3.09. The van der Waals surface area contributed by atoms with Gasteiger partial charge in [0.1, 0.15) is 5.82 Å². The number of rotatable bonds is 1. The first-order chi connectivity index (χ1) is 15.5. The fourth-order valence-corrected chi connectivity index (χ4v) is 5.22. The van der Waals surface area contributed by atoms with Gasteiger partial charge in [0.25, 0.3) is 5.56 Å². The Morgan fingerprint density at radius 1 is 0.750 bits per heavy atom. The van der Waals surface area contributed by atoms with E-state index >= 15 is 0 Å². The maximum Gasteiger partial charge on any atom is 0.332 e. The second-order valence-electron chi connectivity index (χ2n) is 8.37. The van der Waals surface area contributed by atoms with Gasteiger partial charge in [-0.15, -0.1) is 0 Å². The number of Topliss-reactive ketones (excluding diaryl/α,β-unsaturated/α-hetero) is 1. The zero-order valence-electron chi connectivity index (χ0n) is 17.6. The SMILES string of the molecule is Cn1c2c(c(=O)n(C)c1=O)C(c1cccc3ccccc13)C1C(=O)c3ccccc3C1=N2. The standard InChI is InChI=1S/C26H19N3O3/c1-28-24-21(25(31)29(2)26(28)32)19(16-13-7-9-14-8-3-4-10-15(14)16)20-22(27-24)17-11-5-6-12-18(17)23(20)30/h3-13,19-20H,1-2H3. The molecule has 0 fully saturated rings. The summed E-state index contributed by atoms with van der Waals surface area (Å²) in [5, 5.41) is 2.01. The third kappa shape index (κ3) is 2.29. The number of carbonyl (C=O) groups excluding carboxylic acids is 1. The highest BCUT2D eigenvalue weighted by atomic mass is 16.2. The maximum absolute atomic E-state index is 13.7. The molecular weight excluding hydrogens is 402 g/mol. The van der Waals surface area contributed by atoms with E-state index in [4.69, 9.17) is 4.99 Å². The van der Waals surface area contributed by atoms with Gasteiger partial charge in [-0.3, -0.25) is 18.7 Å². The van der Waals surface area contributed by atoms with Crippen LogP contribution in [0.1, 0.15) is 33.0 Å². The van der Waals surface area contributed by atoms with E-state index in [9.17, 15) is 14.4 Å². The summed E-state index contributed by atoms with van der Waals surface area (Å²) in [5.74, 6) is -0.879. The van der Waals surface area contributed by atoms with Gasteiger partial charge in [-0.05, 0) is 16.3 Å². The second kappa shape index (κ2) is 6.47. The van der Waals surface area contributed by atoms with Gasteiger partial charge in [0.2, 0.25) is 0 Å². The summed E-state index contributed by atoms with van der Waals surface area (Å²) in [4.78, 5) is 44.6. The molecule has 0 bridgehead atoms. The van der Waals surface area contributed by atoms with Gasteiger partial charge >= 0.3 is 5.69 Å². The van der Waals surface area contributed by atoms with Crippen LogP contribution in [0.5, 0.6) is 0 Å². The Morgan fingerprint density at radius 3 is 2.25 bits per heavy atom. The molecule has 4 aromatic rings. The summed E-state index contributed by atoms with van der Waals surface area (Å²) in [6, 6.07) is 21.3. The first-order valence-corrected chi connectivity index (χ1v) is 10.5. The van der Waals surface area contributed by atoms with E-state index in [0.29, 0.717) is 22.7 Å². The van der Waals surface area contributed by atoms with Crippen LogP contribution in [-0.4, -0.2) is 20.6 Å². The van der Waals surface area contributed by atoms with Crippen molar-refractivity contribution >= 4 is 28.1 Å². The average Bonchev–Trinajstić information content (AvgIpc) is 3.12. The van der Waals surface area contributed by atoms with Gasteiger partial charge in [-0.2, -0.15) is 0 Å². The lowest BCUT2D eigenvalue weighted by Crippen LogP contribution is -2.43. The van der Waals surface area contributed by atoms with Crippen LogP contribution in [0.2, 0.25) is 0 Å². The van der Waals surface area contributed by atoms with Crippen LogP contribution in [0.25, 0.3) is 10.8 Å². The molecule has 156 valence electrons. The van der Waals surface area contributed by atoms with Gasteiger partial charge in [0, 0.05) is 31.1 Å². The molecule has 6 rings (SSSR count). The van der Waals surface area contributed by atoms with Crippen LogP contribution >= 0.6 is 0 Å². The minimum atomic E-state index is -0.615. The normalized spacial score (nSPS) is 18.8. The van der Waals surface area contributed by atoms with Crippen molar-refractivity contribution in [2.45, 2.75) is 5.92 Å². The van der Waals surface area contributed by atoms with E-state index in [2.05, 4.69) is 0 Å². The summed E-state index contributed by atoms with van der Waals surface area (Å²) < 4.78 is 2.51. The Morgan fingerprint density at radius 2 is 1.44 bits per heavy atom. The Kier molecular flexibility index (Phi) is 3.78. The third-order valence-corrected chi connectivity index (χ3v) is 6.74. The molecule has 0 saturated carbocycles. The van der Waals surface area contributed by atoms with Crippen molar-refractivity contribution in [3.63, 3.8) is 0 Å². The molecule has 0 N–H and O–H groups in total. The monoisotopic (exact) mass is 421 g/mol. The molecule has 1 aromatic heterocycles. The number of benzene rings is 3. The lowest BCUT2D eigenvalue weighted by Gasteiger charge is -2.30. The molecule has 1 aliphatic carbocycles. The largest absolute Gasteiger partial charge is 0.332 e. The van der Waals surface area contributed by atoms with E-state index in [1.807, 2.05) is 60.7 Å². The van der Waals surface area contributed by atoms with E-state index in [0.717, 1.165) is 26.5 Å². The quantitative estimate of drug-likeness (QED) is 0.473. The number of hydrogen-bond donors (Lipinski definition) is 0. The highest BCUT2D eigenvalue weighted by molar-refractivity contribution is 6.30. The number of aromatic nitrogens is 2. The van der Waals surface area contributed by atoms with E-state index < -0.39 is 23.1 Å². The maximum atomic E-state index is 13.7. The molecule has 32 heavy (non-hydrogen) atoms. The lowest BCUT2D eigenvalue weighted by molar-refractivity contribution is 0.0953. The van der Waals surface area contributed by atoms with E-state index in [-0.39, 0.29) is 5.78 Å². The van der Waals surface area contributed by atoms with Crippen LogP contribution in [0.3, 0.4) is 0 Å². The molecule has 0 spiro atoms. The van der Waals surface area contributed by atoms with Crippen molar-refractivity contribution in [3.8, 4) is 0 Å². The Hall–Kier alpha value is -4.06. The van der Waals surface area contributed by atoms with E-state index in [1.165, 1.54) is 11.6 Å². The van der Waals surface area contributed by atoms with E-state index in [1.54, 1.807) is 13.1 Å². The van der Waals surface area contributed by atoms with Crippen molar-refractivity contribution in [2.75, 3.05) is 0 Å². The molecule has 2 aliphatic rings. The smallest absolute Gasteiger partial charge is 0.293 e. The fourth-order valence-electron chi connectivity index (χ4n) is 5.22. The number of hydrogen-bond acceptors (Lipinski definition) is 4. The molecule has 2 unspecified atom stereocenters. The minimum absolute atomic E-state index is 0.0427. The summed E-state index contributed by atoms with van der Waals surface area (Å²) in [5.41, 5.74) is 2.43. The summed E-state index contributed by atoms with van der Waals surface area (Å²) in [6.07, 6.45) is 0. The van der Waals surface area contributed by atoms with Crippen molar-refractivity contribution in [2.24, 2.45) is 25.0 Å². The van der Waals surface area contributed by atoms with Gasteiger partial charge in [0.05, 0.1) is 17.2 Å². The van der Waals surface area contributed by atoms with Gasteiger partial charge in [-0.25, -0.2) is 9.79 Å². The van der Waals surface area contributed by atoms with Gasteiger partial charge in [-0.1, -0.05) is 66.7 Å². The topological polar surface area (TPSA) is 73.4 Å². The summed E-state index contributed by atoms with van der Waals surface area (Å²) >= 11 is 0. The third-order valence-electron chi connectivity index (χ3n) is 6.74. The van der Waals surface area contributed by atoms with Crippen molar-refractivity contribution < 1.29 is 4.79 Å². The molecule has 1 aliphatic heterocycles. The molecule has 2 atom stereocenters. The molecule has 2 heterocycles. The highest BCUT2D eigenvalue weighted by Gasteiger charge is 2.48. The zero-order chi connectivity index (χ0) is 22.1. The number of aliphatic imine (C=N–C) groups is 1. The number of fused-ring (bicyclic) bond motifs is 5. The van der Waals surface area contributed by atoms with Crippen LogP contribution in [0, 0.1) is 5.92 Å².